The molecule has 1 heterocycles. The Labute approximate surface area is 67.4 Å². The summed E-state index contributed by atoms with van der Waals surface area (Å²) in [5, 5.41) is 3.42. The van der Waals surface area contributed by atoms with Gasteiger partial charge in [0, 0.05) is 11.6 Å². The fourth-order valence-electron chi connectivity index (χ4n) is 1.52. The van der Waals surface area contributed by atoms with Crippen molar-refractivity contribution in [1.29, 1.82) is 0 Å². The molecule has 0 spiro atoms. The third-order valence-electron chi connectivity index (χ3n) is 2.11. The normalized spacial score (nSPS) is 23.1. The standard InChI is InChI=1S/C10H11N/c1-2-5-9(6-3-1)10-7-4-8-11-10/h1-2,5,10-11H,4,7-8H2. The molecule has 0 aliphatic carbocycles. The highest BCUT2D eigenvalue weighted by atomic mass is 14.9. The van der Waals surface area contributed by atoms with Crippen molar-refractivity contribution in [1.82, 2.24) is 5.32 Å². The van der Waals surface area contributed by atoms with Crippen molar-refractivity contribution in [2.75, 3.05) is 6.54 Å². The third-order valence-corrected chi connectivity index (χ3v) is 2.11. The molecule has 0 aromatic heterocycles. The Hall–Kier alpha value is -1.00. The lowest BCUT2D eigenvalue weighted by atomic mass is 10.1. The van der Waals surface area contributed by atoms with Crippen LogP contribution in [0.15, 0.2) is 18.2 Å². The van der Waals surface area contributed by atoms with Gasteiger partial charge in [-0.1, -0.05) is 18.2 Å². The Morgan fingerprint density at radius 2 is 2.55 bits per heavy atom. The summed E-state index contributed by atoms with van der Waals surface area (Å²) in [5.41, 5.74) is 1.25. The van der Waals surface area contributed by atoms with Crippen LogP contribution in [0.3, 0.4) is 0 Å². The molecule has 1 heteroatoms. The summed E-state index contributed by atoms with van der Waals surface area (Å²) in [6.45, 7) is 1.15. The average Bonchev–Trinajstić information content (AvgIpc) is 2.58. The largest absolute Gasteiger partial charge is 0.309 e. The summed E-state index contributed by atoms with van der Waals surface area (Å²) in [6.07, 6.45) is 2.53. The summed E-state index contributed by atoms with van der Waals surface area (Å²) in [6, 6.07) is 12.6. The second-order valence-electron chi connectivity index (χ2n) is 2.90. The van der Waals surface area contributed by atoms with E-state index in [1.807, 2.05) is 12.1 Å². The Morgan fingerprint density at radius 3 is 3.18 bits per heavy atom. The van der Waals surface area contributed by atoms with Gasteiger partial charge in [-0.25, -0.2) is 0 Å². The topological polar surface area (TPSA) is 12.0 Å². The van der Waals surface area contributed by atoms with Crippen molar-refractivity contribution in [2.45, 2.75) is 18.9 Å². The van der Waals surface area contributed by atoms with Crippen LogP contribution in [0, 0.1) is 12.1 Å². The maximum Gasteiger partial charge on any atom is 0.0400 e. The van der Waals surface area contributed by atoms with Gasteiger partial charge < -0.3 is 5.32 Å². The number of rotatable bonds is 1. The van der Waals surface area contributed by atoms with E-state index in [-0.39, 0.29) is 0 Å². The monoisotopic (exact) mass is 145 g/mol. The maximum absolute atomic E-state index is 3.42. The minimum Gasteiger partial charge on any atom is -0.309 e. The molecule has 2 rings (SSSR count). The molecule has 1 aromatic rings. The highest BCUT2D eigenvalue weighted by Crippen LogP contribution is 2.20. The van der Waals surface area contributed by atoms with Gasteiger partial charge in [0.15, 0.2) is 0 Å². The Bertz CT molecular complexity index is 212. The van der Waals surface area contributed by atoms with Crippen molar-refractivity contribution in [3.63, 3.8) is 0 Å². The Morgan fingerprint density at radius 1 is 1.55 bits per heavy atom. The van der Waals surface area contributed by atoms with E-state index in [9.17, 15) is 0 Å². The average molecular weight is 145 g/mol. The second-order valence-corrected chi connectivity index (χ2v) is 2.90. The molecular formula is C10H11N. The summed E-state index contributed by atoms with van der Waals surface area (Å²) < 4.78 is 0. The van der Waals surface area contributed by atoms with E-state index in [0.29, 0.717) is 6.04 Å². The molecule has 0 saturated carbocycles. The van der Waals surface area contributed by atoms with Crippen molar-refractivity contribution in [3.05, 3.63) is 35.9 Å². The van der Waals surface area contributed by atoms with Gasteiger partial charge in [0.2, 0.25) is 0 Å². The van der Waals surface area contributed by atoms with Crippen LogP contribution in [0.2, 0.25) is 0 Å². The molecule has 1 aliphatic rings. The summed E-state index contributed by atoms with van der Waals surface area (Å²) >= 11 is 0. The summed E-state index contributed by atoms with van der Waals surface area (Å²) in [7, 11) is 0. The maximum atomic E-state index is 3.42. The van der Waals surface area contributed by atoms with Crippen molar-refractivity contribution >= 4 is 0 Å². The minimum atomic E-state index is 0.535. The van der Waals surface area contributed by atoms with Gasteiger partial charge in [-0.05, 0) is 31.5 Å². The molecule has 1 unspecified atom stereocenters. The summed E-state index contributed by atoms with van der Waals surface area (Å²) in [5.74, 6) is 0. The number of hydrogen-bond acceptors (Lipinski definition) is 1. The lowest BCUT2D eigenvalue weighted by Crippen LogP contribution is -2.12. The quantitative estimate of drug-likeness (QED) is 0.634. The first-order chi connectivity index (χ1) is 5.47. The molecule has 0 amide bonds. The van der Waals surface area contributed by atoms with E-state index in [2.05, 4.69) is 23.5 Å². The van der Waals surface area contributed by atoms with Crippen molar-refractivity contribution in [2.24, 2.45) is 0 Å². The highest BCUT2D eigenvalue weighted by molar-refractivity contribution is 5.13. The van der Waals surface area contributed by atoms with Gasteiger partial charge in [-0.2, -0.15) is 0 Å². The van der Waals surface area contributed by atoms with Crippen molar-refractivity contribution < 1.29 is 0 Å². The second kappa shape index (κ2) is 2.94. The predicted octanol–water partition coefficient (Wildman–Crippen LogP) is 1.71. The smallest absolute Gasteiger partial charge is 0.0400 e. The first kappa shape index (κ1) is 6.69. The molecule has 11 heavy (non-hydrogen) atoms. The van der Waals surface area contributed by atoms with Crippen LogP contribution in [0.25, 0.3) is 0 Å². The Balaban J connectivity index is 2.16. The molecule has 1 aliphatic heterocycles. The van der Waals surface area contributed by atoms with Gasteiger partial charge in [0.25, 0.3) is 0 Å². The predicted molar refractivity (Wildman–Crippen MR) is 44.1 cm³/mol. The van der Waals surface area contributed by atoms with Gasteiger partial charge in [0.05, 0.1) is 0 Å². The molecule has 1 N–H and O–H groups in total. The van der Waals surface area contributed by atoms with E-state index >= 15 is 0 Å². The first-order valence-electron chi connectivity index (χ1n) is 4.08. The molecular weight excluding hydrogens is 134 g/mol. The van der Waals surface area contributed by atoms with E-state index in [1.54, 1.807) is 0 Å². The van der Waals surface area contributed by atoms with Crippen LogP contribution < -0.4 is 5.32 Å². The SMILES string of the molecule is c1cccc(C2CCCN2)c#1. The van der Waals surface area contributed by atoms with E-state index < -0.39 is 0 Å². The van der Waals surface area contributed by atoms with E-state index in [4.69, 9.17) is 0 Å². The van der Waals surface area contributed by atoms with Crippen LogP contribution in [0.1, 0.15) is 24.4 Å². The molecule has 1 aromatic carbocycles. The van der Waals surface area contributed by atoms with E-state index in [0.717, 1.165) is 6.54 Å². The van der Waals surface area contributed by atoms with Gasteiger partial charge in [-0.3, -0.25) is 0 Å². The minimum absolute atomic E-state index is 0.535. The third kappa shape index (κ3) is 1.36. The summed E-state index contributed by atoms with van der Waals surface area (Å²) in [4.78, 5) is 0. The number of hydrogen-bond donors (Lipinski definition) is 1. The van der Waals surface area contributed by atoms with E-state index in [1.165, 1.54) is 18.4 Å². The molecule has 1 fully saturated rings. The van der Waals surface area contributed by atoms with Gasteiger partial charge in [0.1, 0.15) is 0 Å². The first-order valence-corrected chi connectivity index (χ1v) is 4.08. The zero-order valence-corrected chi connectivity index (χ0v) is 6.43. The molecule has 1 saturated heterocycles. The molecule has 0 radical (unpaired) electrons. The highest BCUT2D eigenvalue weighted by Gasteiger charge is 2.14. The lowest BCUT2D eigenvalue weighted by molar-refractivity contribution is 0.648. The van der Waals surface area contributed by atoms with Crippen LogP contribution >= 0.6 is 0 Å². The Kier molecular flexibility index (Phi) is 1.79. The molecule has 1 nitrogen and oxygen atoms in total. The van der Waals surface area contributed by atoms with Crippen molar-refractivity contribution in [3.8, 4) is 0 Å². The molecule has 56 valence electrons. The van der Waals surface area contributed by atoms with Gasteiger partial charge in [-0.15, -0.1) is 0 Å². The number of nitrogens with one attached hydrogen (secondary N) is 1. The van der Waals surface area contributed by atoms with Crippen LogP contribution in [-0.2, 0) is 0 Å². The van der Waals surface area contributed by atoms with Crippen LogP contribution in [0.4, 0.5) is 0 Å². The zero-order chi connectivity index (χ0) is 7.52. The lowest BCUT2D eigenvalue weighted by Gasteiger charge is -2.06. The van der Waals surface area contributed by atoms with Gasteiger partial charge >= 0.3 is 0 Å². The molecule has 1 atom stereocenters. The van der Waals surface area contributed by atoms with Crippen LogP contribution in [0.5, 0.6) is 0 Å². The fraction of sp³-hybridized carbons (Fsp3) is 0.400. The zero-order valence-electron chi connectivity index (χ0n) is 6.43. The molecule has 0 bridgehead atoms. The fourth-order valence-corrected chi connectivity index (χ4v) is 1.52. The van der Waals surface area contributed by atoms with Crippen LogP contribution in [-0.4, -0.2) is 6.54 Å².